The fraction of sp³-hybridized carbons (Fsp3) is 0. The van der Waals surface area contributed by atoms with Crippen molar-refractivity contribution in [2.75, 3.05) is 4.90 Å². The molecule has 2 nitrogen and oxygen atoms in total. The fourth-order valence-electron chi connectivity index (χ4n) is 6.58. The van der Waals surface area contributed by atoms with Crippen LogP contribution in [0.1, 0.15) is 0 Å². The number of fused-ring (bicyclic) bond motifs is 8. The fourth-order valence-corrected chi connectivity index (χ4v) is 7.63. The molecule has 0 aliphatic heterocycles. The average molecular weight is 579 g/mol. The summed E-state index contributed by atoms with van der Waals surface area (Å²) in [7, 11) is 0. The monoisotopic (exact) mass is 578 g/mol. The second kappa shape index (κ2) is 10.0. The largest absolute Gasteiger partial charge is 0.310 e. The highest BCUT2D eigenvalue weighted by molar-refractivity contribution is 7.25. The first kappa shape index (κ1) is 25.0. The van der Waals surface area contributed by atoms with Crippen molar-refractivity contribution in [3.63, 3.8) is 0 Å². The third-order valence-corrected chi connectivity index (χ3v) is 9.87. The number of anilines is 3. The van der Waals surface area contributed by atoms with Gasteiger partial charge in [-0.3, -0.25) is 4.98 Å². The highest BCUT2D eigenvalue weighted by Gasteiger charge is 2.17. The van der Waals surface area contributed by atoms with Gasteiger partial charge in [-0.2, -0.15) is 0 Å². The maximum Gasteiger partial charge on any atom is 0.0468 e. The van der Waals surface area contributed by atoms with Gasteiger partial charge < -0.3 is 4.90 Å². The van der Waals surface area contributed by atoms with E-state index in [0.29, 0.717) is 0 Å². The predicted molar refractivity (Wildman–Crippen MR) is 190 cm³/mol. The molecule has 9 rings (SSSR count). The summed E-state index contributed by atoms with van der Waals surface area (Å²) >= 11 is 1.82. The predicted octanol–water partition coefficient (Wildman–Crippen LogP) is 12.0. The molecule has 3 heteroatoms. The zero-order valence-corrected chi connectivity index (χ0v) is 24.6. The molecular formula is C41H26N2S. The molecule has 0 unspecified atom stereocenters. The van der Waals surface area contributed by atoms with E-state index >= 15 is 0 Å². The summed E-state index contributed by atoms with van der Waals surface area (Å²) < 4.78 is 2.53. The Bertz CT molecular complexity index is 2490. The number of nitrogens with zero attached hydrogens (tertiary/aromatic N) is 2. The molecule has 0 amide bonds. The summed E-state index contributed by atoms with van der Waals surface area (Å²) in [6.45, 7) is 0. The first-order chi connectivity index (χ1) is 21.8. The quantitative estimate of drug-likeness (QED) is 0.193. The molecule has 0 spiro atoms. The van der Waals surface area contributed by atoms with Gasteiger partial charge >= 0.3 is 0 Å². The highest BCUT2D eigenvalue weighted by Crippen LogP contribution is 2.42. The summed E-state index contributed by atoms with van der Waals surface area (Å²) in [5.74, 6) is 0. The summed E-state index contributed by atoms with van der Waals surface area (Å²) in [6.07, 6.45) is 3.87. The molecule has 0 atom stereocenters. The van der Waals surface area contributed by atoms with Gasteiger partial charge in [-0.15, -0.1) is 11.3 Å². The van der Waals surface area contributed by atoms with Gasteiger partial charge in [0.15, 0.2) is 0 Å². The number of hydrogen-bond acceptors (Lipinski definition) is 3. The van der Waals surface area contributed by atoms with Crippen LogP contribution in [0.4, 0.5) is 17.1 Å². The van der Waals surface area contributed by atoms with Gasteiger partial charge in [0.1, 0.15) is 0 Å². The van der Waals surface area contributed by atoms with Gasteiger partial charge in [0, 0.05) is 49.6 Å². The van der Waals surface area contributed by atoms with Crippen molar-refractivity contribution in [2.24, 2.45) is 0 Å². The van der Waals surface area contributed by atoms with E-state index < -0.39 is 0 Å². The van der Waals surface area contributed by atoms with Crippen LogP contribution in [0.5, 0.6) is 0 Å². The molecule has 0 N–H and O–H groups in total. The van der Waals surface area contributed by atoms with Gasteiger partial charge in [-0.25, -0.2) is 0 Å². The van der Waals surface area contributed by atoms with Crippen LogP contribution in [-0.2, 0) is 0 Å². The summed E-state index contributed by atoms with van der Waals surface area (Å²) in [6, 6.07) is 53.0. The molecule has 2 aromatic heterocycles. The van der Waals surface area contributed by atoms with Crippen LogP contribution in [0, 0.1) is 0 Å². The minimum absolute atomic E-state index is 1.12. The molecule has 0 fully saturated rings. The first-order valence-electron chi connectivity index (χ1n) is 14.9. The molecular weight excluding hydrogens is 553 g/mol. The van der Waals surface area contributed by atoms with Crippen LogP contribution in [0.2, 0.25) is 0 Å². The lowest BCUT2D eigenvalue weighted by molar-refractivity contribution is 1.30. The number of aromatic nitrogens is 1. The molecule has 0 saturated carbocycles. The molecule has 2 heterocycles. The lowest BCUT2D eigenvalue weighted by atomic mass is 9.96. The zero-order chi connectivity index (χ0) is 29.0. The molecule has 0 aliphatic carbocycles. The Morgan fingerprint density at radius 2 is 1.05 bits per heavy atom. The van der Waals surface area contributed by atoms with Crippen LogP contribution >= 0.6 is 11.3 Å². The van der Waals surface area contributed by atoms with E-state index in [-0.39, 0.29) is 0 Å². The van der Waals surface area contributed by atoms with Gasteiger partial charge in [0.2, 0.25) is 0 Å². The van der Waals surface area contributed by atoms with Crippen LogP contribution in [0.25, 0.3) is 63.6 Å². The number of benzene rings is 7. The summed E-state index contributed by atoms with van der Waals surface area (Å²) in [5, 5.41) is 10.0. The van der Waals surface area contributed by atoms with Gasteiger partial charge in [0.05, 0.1) is 0 Å². The maximum atomic E-state index is 4.45. The van der Waals surface area contributed by atoms with Crippen molar-refractivity contribution in [3.8, 4) is 11.1 Å². The van der Waals surface area contributed by atoms with Gasteiger partial charge in [0.25, 0.3) is 0 Å². The Morgan fingerprint density at radius 3 is 1.89 bits per heavy atom. The summed E-state index contributed by atoms with van der Waals surface area (Å²) in [5.41, 5.74) is 5.79. The lowest BCUT2D eigenvalue weighted by Crippen LogP contribution is -2.09. The number of rotatable bonds is 4. The topological polar surface area (TPSA) is 16.1 Å². The number of thiophene rings is 1. The Morgan fingerprint density at radius 1 is 0.432 bits per heavy atom. The molecule has 44 heavy (non-hydrogen) atoms. The molecule has 9 aromatic rings. The van der Waals surface area contributed by atoms with Gasteiger partial charge in [-0.1, -0.05) is 97.1 Å². The van der Waals surface area contributed by atoms with E-state index in [2.05, 4.69) is 155 Å². The third-order valence-electron chi connectivity index (χ3n) is 8.71. The zero-order valence-electron chi connectivity index (χ0n) is 23.8. The van der Waals surface area contributed by atoms with Gasteiger partial charge in [-0.05, 0) is 92.0 Å². The first-order valence-corrected chi connectivity index (χ1v) is 15.7. The molecule has 0 radical (unpaired) electrons. The molecule has 0 aliphatic rings. The van der Waals surface area contributed by atoms with Crippen LogP contribution in [0.15, 0.2) is 158 Å². The summed E-state index contributed by atoms with van der Waals surface area (Å²) in [4.78, 5) is 6.83. The number of hydrogen-bond donors (Lipinski definition) is 0. The number of pyridine rings is 1. The van der Waals surface area contributed by atoms with Crippen molar-refractivity contribution in [1.82, 2.24) is 4.98 Å². The van der Waals surface area contributed by atoms with Crippen molar-refractivity contribution in [2.45, 2.75) is 0 Å². The minimum Gasteiger partial charge on any atom is -0.310 e. The van der Waals surface area contributed by atoms with E-state index in [9.17, 15) is 0 Å². The van der Waals surface area contributed by atoms with Crippen LogP contribution in [0.3, 0.4) is 0 Å². The van der Waals surface area contributed by atoms with Crippen molar-refractivity contribution >= 4 is 80.9 Å². The normalized spacial score (nSPS) is 11.6. The smallest absolute Gasteiger partial charge is 0.0468 e. The second-order valence-electron chi connectivity index (χ2n) is 11.3. The van der Waals surface area contributed by atoms with Crippen molar-refractivity contribution in [3.05, 3.63) is 158 Å². The second-order valence-corrected chi connectivity index (χ2v) is 12.3. The Labute approximate surface area is 259 Å². The van der Waals surface area contributed by atoms with E-state index in [1.807, 2.05) is 23.7 Å². The van der Waals surface area contributed by atoms with E-state index in [1.165, 1.54) is 63.6 Å². The lowest BCUT2D eigenvalue weighted by Gasteiger charge is -2.26. The Balaban J connectivity index is 1.29. The third kappa shape index (κ3) is 4.05. The Kier molecular flexibility index (Phi) is 5.71. The SMILES string of the molecule is c1ccc(-c2ccc(N(c3ccc4sc5ccncc5c4c3)c3ccc4ccc5ccc6ccccc6c5c4c3)cc2)cc1. The molecule has 0 saturated heterocycles. The highest BCUT2D eigenvalue weighted by atomic mass is 32.1. The maximum absolute atomic E-state index is 4.45. The molecule has 206 valence electrons. The molecule has 0 bridgehead atoms. The molecule has 7 aromatic carbocycles. The van der Waals surface area contributed by atoms with Crippen molar-refractivity contribution < 1.29 is 0 Å². The standard InChI is InChI=1S/C41H26N2S/c1-2-6-27(7-3-1)28-14-17-32(18-15-28)43(34-20-21-39-37(25-34)38-26-42-23-22-40(38)44-39)33-19-16-30-11-13-31-12-10-29-8-4-5-9-35(29)41(31)36(30)24-33/h1-26H. The Hall–Kier alpha value is -5.51. The van der Waals surface area contributed by atoms with E-state index in [4.69, 9.17) is 0 Å². The average Bonchev–Trinajstić information content (AvgIpc) is 3.47. The van der Waals surface area contributed by atoms with E-state index in [0.717, 1.165) is 17.1 Å². The van der Waals surface area contributed by atoms with Crippen LogP contribution < -0.4 is 4.90 Å². The van der Waals surface area contributed by atoms with Crippen molar-refractivity contribution in [1.29, 1.82) is 0 Å². The van der Waals surface area contributed by atoms with Crippen LogP contribution in [-0.4, -0.2) is 4.98 Å². The van der Waals surface area contributed by atoms with E-state index in [1.54, 1.807) is 0 Å². The minimum atomic E-state index is 1.12.